The number of amides is 1. The molecule has 0 saturated carbocycles. The molecule has 27 heavy (non-hydrogen) atoms. The minimum absolute atomic E-state index is 0.237. The third kappa shape index (κ3) is 8.06. The Morgan fingerprint density at radius 2 is 1.93 bits per heavy atom. The Morgan fingerprint density at radius 3 is 2.63 bits per heavy atom. The molecule has 0 unspecified atom stereocenters. The van der Waals surface area contributed by atoms with Crippen LogP contribution in [0.2, 0.25) is 0 Å². The zero-order valence-corrected chi connectivity index (χ0v) is 17.3. The summed E-state index contributed by atoms with van der Waals surface area (Å²) in [4.78, 5) is 14.2. The Labute approximate surface area is 164 Å². The molecule has 0 spiro atoms. The predicted octanol–water partition coefficient (Wildman–Crippen LogP) is 2.38. The van der Waals surface area contributed by atoms with Gasteiger partial charge in [0.05, 0.1) is 18.6 Å². The molecule has 2 rings (SSSR count). The Hall–Kier alpha value is -1.97. The number of thioether (sulfide) groups is 1. The van der Waals surface area contributed by atoms with E-state index in [2.05, 4.69) is 10.0 Å². The average molecular weight is 412 g/mol. The summed E-state index contributed by atoms with van der Waals surface area (Å²) in [5, 5.41) is 2.83. The summed E-state index contributed by atoms with van der Waals surface area (Å²) in [5.74, 6) is 3.11. The van der Waals surface area contributed by atoms with Crippen LogP contribution in [0.15, 0.2) is 40.8 Å². The highest BCUT2D eigenvalue weighted by molar-refractivity contribution is 7.98. The van der Waals surface area contributed by atoms with Crippen LogP contribution in [0, 0.1) is 0 Å². The second kappa shape index (κ2) is 9.82. The van der Waals surface area contributed by atoms with E-state index < -0.39 is 10.0 Å². The Kier molecular flexibility index (Phi) is 7.76. The van der Waals surface area contributed by atoms with Crippen molar-refractivity contribution < 1.29 is 17.6 Å². The number of nitrogens with one attached hydrogen (secondary N) is 2. The molecular formula is C18H25N3O4S2. The second-order valence-corrected chi connectivity index (χ2v) is 9.22. The van der Waals surface area contributed by atoms with Gasteiger partial charge in [-0.3, -0.25) is 9.52 Å². The zero-order valence-electron chi connectivity index (χ0n) is 15.7. The van der Waals surface area contributed by atoms with Crippen molar-refractivity contribution >= 4 is 33.4 Å². The Morgan fingerprint density at radius 1 is 1.19 bits per heavy atom. The number of carbonyl (C=O) groups is 1. The number of furan rings is 1. The van der Waals surface area contributed by atoms with Gasteiger partial charge in [0.2, 0.25) is 10.0 Å². The van der Waals surface area contributed by atoms with Crippen LogP contribution >= 0.6 is 11.8 Å². The molecule has 1 heterocycles. The number of anilines is 1. The summed E-state index contributed by atoms with van der Waals surface area (Å²) in [6, 6.07) is 10.4. The number of carbonyl (C=O) groups excluding carboxylic acids is 1. The van der Waals surface area contributed by atoms with Gasteiger partial charge >= 0.3 is 0 Å². The largest absolute Gasteiger partial charge is 0.464 e. The van der Waals surface area contributed by atoms with Crippen molar-refractivity contribution in [3.8, 4) is 0 Å². The molecule has 2 N–H and O–H groups in total. The van der Waals surface area contributed by atoms with Gasteiger partial charge in [-0.2, -0.15) is 11.8 Å². The maximum atomic E-state index is 12.2. The third-order valence-corrected chi connectivity index (χ3v) is 4.98. The summed E-state index contributed by atoms with van der Waals surface area (Å²) < 4.78 is 30.6. The van der Waals surface area contributed by atoms with Gasteiger partial charge in [-0.15, -0.1) is 0 Å². The lowest BCUT2D eigenvalue weighted by molar-refractivity contribution is 0.0956. The van der Waals surface area contributed by atoms with E-state index in [1.54, 1.807) is 30.0 Å². The van der Waals surface area contributed by atoms with Gasteiger partial charge in [-0.25, -0.2) is 8.42 Å². The van der Waals surface area contributed by atoms with Gasteiger partial charge in [-0.1, -0.05) is 6.07 Å². The monoisotopic (exact) mass is 411 g/mol. The minimum atomic E-state index is -3.37. The van der Waals surface area contributed by atoms with E-state index >= 15 is 0 Å². The maximum absolute atomic E-state index is 12.2. The van der Waals surface area contributed by atoms with Crippen LogP contribution in [-0.2, 0) is 22.3 Å². The van der Waals surface area contributed by atoms with E-state index in [1.807, 2.05) is 31.1 Å². The maximum Gasteiger partial charge on any atom is 0.251 e. The number of hydrogen-bond donors (Lipinski definition) is 2. The van der Waals surface area contributed by atoms with Gasteiger partial charge in [0.15, 0.2) is 0 Å². The Balaban J connectivity index is 1.73. The molecule has 0 aliphatic rings. The number of rotatable bonds is 10. The highest BCUT2D eigenvalue weighted by atomic mass is 32.2. The highest BCUT2D eigenvalue weighted by Crippen LogP contribution is 2.16. The van der Waals surface area contributed by atoms with Crippen LogP contribution in [0.3, 0.4) is 0 Å². The van der Waals surface area contributed by atoms with Gasteiger partial charge < -0.3 is 14.6 Å². The van der Waals surface area contributed by atoms with Gasteiger partial charge in [0.1, 0.15) is 11.5 Å². The van der Waals surface area contributed by atoms with Crippen LogP contribution in [0.4, 0.5) is 5.69 Å². The van der Waals surface area contributed by atoms with Gasteiger partial charge in [-0.05, 0) is 44.4 Å². The molecule has 0 fully saturated rings. The van der Waals surface area contributed by atoms with E-state index in [0.717, 1.165) is 35.8 Å². The molecule has 0 atom stereocenters. The third-order valence-electron chi connectivity index (χ3n) is 3.39. The summed E-state index contributed by atoms with van der Waals surface area (Å²) in [6.45, 7) is 1.28. The van der Waals surface area contributed by atoms with Crippen LogP contribution < -0.4 is 10.0 Å². The van der Waals surface area contributed by atoms with Crippen molar-refractivity contribution in [1.29, 1.82) is 0 Å². The van der Waals surface area contributed by atoms with Gasteiger partial charge in [0, 0.05) is 23.5 Å². The van der Waals surface area contributed by atoms with Crippen LogP contribution in [0.5, 0.6) is 0 Å². The van der Waals surface area contributed by atoms with Crippen molar-refractivity contribution in [3.05, 3.63) is 53.5 Å². The molecule has 9 heteroatoms. The van der Waals surface area contributed by atoms with E-state index in [-0.39, 0.29) is 5.91 Å². The fourth-order valence-corrected chi connectivity index (χ4v) is 3.65. The molecule has 0 bridgehead atoms. The molecule has 0 radical (unpaired) electrons. The number of sulfonamides is 1. The van der Waals surface area contributed by atoms with Crippen molar-refractivity contribution in [2.24, 2.45) is 0 Å². The molecular weight excluding hydrogens is 386 g/mol. The van der Waals surface area contributed by atoms with Crippen molar-refractivity contribution in [2.75, 3.05) is 37.4 Å². The topological polar surface area (TPSA) is 91.7 Å². The van der Waals surface area contributed by atoms with Crippen molar-refractivity contribution in [2.45, 2.75) is 12.3 Å². The predicted molar refractivity (Wildman–Crippen MR) is 110 cm³/mol. The van der Waals surface area contributed by atoms with Crippen LogP contribution in [-0.4, -0.2) is 51.9 Å². The first-order valence-corrected chi connectivity index (χ1v) is 11.4. The first kappa shape index (κ1) is 21.3. The molecule has 148 valence electrons. The minimum Gasteiger partial charge on any atom is -0.464 e. The molecule has 1 aromatic heterocycles. The molecule has 2 aromatic rings. The smallest absolute Gasteiger partial charge is 0.251 e. The lowest BCUT2D eigenvalue weighted by atomic mass is 10.2. The van der Waals surface area contributed by atoms with E-state index in [1.165, 1.54) is 6.07 Å². The lowest BCUT2D eigenvalue weighted by Crippen LogP contribution is -2.25. The number of benzene rings is 1. The highest BCUT2D eigenvalue weighted by Gasteiger charge is 2.08. The fraction of sp³-hybridized carbons (Fsp3) is 0.389. The summed E-state index contributed by atoms with van der Waals surface area (Å²) >= 11 is 1.67. The quantitative estimate of drug-likeness (QED) is 0.583. The molecule has 1 aromatic carbocycles. The van der Waals surface area contributed by atoms with Crippen molar-refractivity contribution in [3.63, 3.8) is 0 Å². The summed E-state index contributed by atoms with van der Waals surface area (Å²) in [5.41, 5.74) is 0.777. The molecule has 1 amide bonds. The molecule has 0 aliphatic carbocycles. The molecule has 7 nitrogen and oxygen atoms in total. The summed E-state index contributed by atoms with van der Waals surface area (Å²) in [6.07, 6.45) is 1.07. The second-order valence-electron chi connectivity index (χ2n) is 6.37. The normalized spacial score (nSPS) is 11.6. The zero-order chi connectivity index (χ0) is 19.9. The first-order chi connectivity index (χ1) is 12.7. The molecule has 0 saturated heterocycles. The van der Waals surface area contributed by atoms with Crippen LogP contribution in [0.1, 0.15) is 21.9 Å². The summed E-state index contributed by atoms with van der Waals surface area (Å²) in [7, 11) is 0.613. The van der Waals surface area contributed by atoms with E-state index in [4.69, 9.17) is 4.42 Å². The number of nitrogens with zero attached hydrogens (tertiary/aromatic N) is 1. The van der Waals surface area contributed by atoms with Crippen LogP contribution in [0.25, 0.3) is 0 Å². The van der Waals surface area contributed by atoms with E-state index in [0.29, 0.717) is 17.8 Å². The van der Waals surface area contributed by atoms with Gasteiger partial charge in [0.25, 0.3) is 5.91 Å². The lowest BCUT2D eigenvalue weighted by Gasteiger charge is -2.08. The SMILES string of the molecule is CN(C)Cc1ccc(CSCCNC(=O)c2cccc(NS(C)(=O)=O)c2)o1. The fourth-order valence-electron chi connectivity index (χ4n) is 2.35. The van der Waals surface area contributed by atoms with E-state index in [9.17, 15) is 13.2 Å². The average Bonchev–Trinajstić information content (AvgIpc) is 2.99. The Bertz CT molecular complexity index is 863. The standard InChI is InChI=1S/C18H25N3O4S2/c1-21(2)12-16-7-8-17(25-16)13-26-10-9-19-18(22)14-5-4-6-15(11-14)20-27(3,23)24/h4-8,11,20H,9-10,12-13H2,1-3H3,(H,19,22). The number of hydrogen-bond acceptors (Lipinski definition) is 6. The molecule has 0 aliphatic heterocycles. The van der Waals surface area contributed by atoms with Crippen molar-refractivity contribution in [1.82, 2.24) is 10.2 Å². The first-order valence-electron chi connectivity index (χ1n) is 8.39.